The first kappa shape index (κ1) is 26.5. The van der Waals surface area contributed by atoms with Crippen LogP contribution in [0, 0.1) is 0 Å². The summed E-state index contributed by atoms with van der Waals surface area (Å²) < 4.78 is 15.1. The van der Waals surface area contributed by atoms with Crippen LogP contribution in [0.5, 0.6) is 0 Å². The monoisotopic (exact) mass is 487 g/mol. The normalized spacial score (nSPS) is 22.8. The molecule has 0 saturated carbocycles. The van der Waals surface area contributed by atoms with Crippen molar-refractivity contribution in [1.82, 2.24) is 4.90 Å². The van der Waals surface area contributed by atoms with Crippen LogP contribution in [0.15, 0.2) is 54.1 Å². The quantitative estimate of drug-likeness (QED) is 0.405. The van der Waals surface area contributed by atoms with Crippen LogP contribution < -0.4 is 0 Å². The zero-order chi connectivity index (χ0) is 24.4. The van der Waals surface area contributed by atoms with Gasteiger partial charge in [-0.3, -0.25) is 4.79 Å². The Morgan fingerprint density at radius 1 is 1.24 bits per heavy atom. The number of hydrogen-bond acceptors (Lipinski definition) is 6. The molecule has 1 aromatic carbocycles. The molecule has 1 aliphatic carbocycles. The van der Waals surface area contributed by atoms with Gasteiger partial charge in [-0.2, -0.15) is 0 Å². The molecule has 0 radical (unpaired) electrons. The first-order chi connectivity index (χ1) is 16.5. The number of allylic oxidation sites excluding steroid dienone is 3. The van der Waals surface area contributed by atoms with E-state index in [1.165, 1.54) is 29.5 Å². The van der Waals surface area contributed by atoms with Gasteiger partial charge in [-0.1, -0.05) is 60.6 Å². The molecule has 0 aromatic heterocycles. The van der Waals surface area contributed by atoms with Crippen molar-refractivity contribution in [3.63, 3.8) is 0 Å². The molecule has 1 heterocycles. The summed E-state index contributed by atoms with van der Waals surface area (Å²) in [6, 6.07) is 9.59. The molecule has 2 aliphatic rings. The highest BCUT2D eigenvalue weighted by atomic mass is 32.2. The number of imide groups is 1. The zero-order valence-corrected chi connectivity index (χ0v) is 21.4. The average molecular weight is 488 g/mol. The Labute approximate surface area is 207 Å². The van der Waals surface area contributed by atoms with E-state index in [1.54, 1.807) is 14.2 Å². The largest absolute Gasteiger partial charge is 0.447 e. The lowest BCUT2D eigenvalue weighted by Crippen LogP contribution is -2.49. The van der Waals surface area contributed by atoms with Gasteiger partial charge >= 0.3 is 6.09 Å². The van der Waals surface area contributed by atoms with E-state index in [0.29, 0.717) is 18.6 Å². The summed E-state index contributed by atoms with van der Waals surface area (Å²) in [5.41, 5.74) is 2.22. The van der Waals surface area contributed by atoms with Crippen molar-refractivity contribution in [2.45, 2.75) is 68.9 Å². The molecule has 6 nitrogen and oxygen atoms in total. The molecule has 2 amide bonds. The minimum Gasteiger partial charge on any atom is -0.447 e. The molecule has 0 N–H and O–H groups in total. The second-order valence-corrected chi connectivity index (χ2v) is 10.5. The molecule has 7 heteroatoms. The van der Waals surface area contributed by atoms with Crippen LogP contribution in [-0.2, 0) is 25.4 Å². The molecule has 2 atom stereocenters. The fraction of sp³-hybridized carbons (Fsp3) is 0.556. The third-order valence-corrected chi connectivity index (χ3v) is 7.66. The molecule has 0 spiro atoms. The van der Waals surface area contributed by atoms with E-state index in [4.69, 9.17) is 14.2 Å². The molecule has 3 rings (SSSR count). The average Bonchev–Trinajstić information content (AvgIpc) is 3.18. The molecule has 1 saturated heterocycles. The van der Waals surface area contributed by atoms with Crippen LogP contribution in [0.4, 0.5) is 4.79 Å². The Morgan fingerprint density at radius 2 is 2.00 bits per heavy atom. The molecule has 1 aliphatic heterocycles. The Morgan fingerprint density at radius 3 is 2.74 bits per heavy atom. The highest BCUT2D eigenvalue weighted by molar-refractivity contribution is 8.01. The molecule has 1 fully saturated rings. The first-order valence-corrected chi connectivity index (χ1v) is 13.1. The molecular formula is C27H37NO5S. The van der Waals surface area contributed by atoms with Crippen molar-refractivity contribution >= 4 is 23.8 Å². The summed E-state index contributed by atoms with van der Waals surface area (Å²) >= 11 is 1.52. The summed E-state index contributed by atoms with van der Waals surface area (Å²) in [4.78, 5) is 28.1. The van der Waals surface area contributed by atoms with E-state index in [1.807, 2.05) is 37.3 Å². The predicted molar refractivity (Wildman–Crippen MR) is 136 cm³/mol. The van der Waals surface area contributed by atoms with Crippen molar-refractivity contribution in [3.8, 4) is 0 Å². The van der Waals surface area contributed by atoms with Gasteiger partial charge in [0.25, 0.3) is 5.91 Å². The Kier molecular flexibility index (Phi) is 10.2. The number of cyclic esters (lactones) is 1. The van der Waals surface area contributed by atoms with Gasteiger partial charge in [-0.15, -0.1) is 11.8 Å². The topological polar surface area (TPSA) is 65.1 Å². The van der Waals surface area contributed by atoms with Gasteiger partial charge in [-0.05, 0) is 50.3 Å². The number of methoxy groups -OCH3 is 2. The molecule has 0 bridgehead atoms. The number of rotatable bonds is 10. The van der Waals surface area contributed by atoms with Crippen molar-refractivity contribution in [3.05, 3.63) is 59.7 Å². The number of ether oxygens (including phenoxy) is 3. The van der Waals surface area contributed by atoms with Crippen molar-refractivity contribution in [1.29, 1.82) is 0 Å². The van der Waals surface area contributed by atoms with E-state index in [9.17, 15) is 9.59 Å². The smallest absolute Gasteiger partial charge is 0.417 e. The fourth-order valence-corrected chi connectivity index (χ4v) is 5.60. The standard InChI is InChI=1S/C27H37NO5S/c1-27(34-17-16-24(31-2)32-3,19-22-14-8-5-4-6-9-15-22)25(29)28-23(20-33-26(28)30)18-21-12-10-7-11-13-21/h7-8,10-14,19,23-24H,4-6,9,15-18,20H2,1-3H3/b14-8-,22-19-/t23-,27-/m1/s1. The van der Waals surface area contributed by atoms with Gasteiger partial charge < -0.3 is 14.2 Å². The lowest BCUT2D eigenvalue weighted by atomic mass is 9.96. The van der Waals surface area contributed by atoms with Crippen molar-refractivity contribution in [2.75, 3.05) is 26.6 Å². The molecule has 186 valence electrons. The lowest BCUT2D eigenvalue weighted by Gasteiger charge is -2.31. The van der Waals surface area contributed by atoms with Gasteiger partial charge in [0.05, 0.1) is 6.04 Å². The van der Waals surface area contributed by atoms with Crippen molar-refractivity contribution < 1.29 is 23.8 Å². The number of hydrogen-bond donors (Lipinski definition) is 0. The third-order valence-electron chi connectivity index (χ3n) is 6.33. The minimum absolute atomic E-state index is 0.214. The van der Waals surface area contributed by atoms with Crippen LogP contribution >= 0.6 is 11.8 Å². The number of carbonyl (C=O) groups is 2. The van der Waals surface area contributed by atoms with Crippen LogP contribution in [0.1, 0.15) is 51.0 Å². The Bertz CT molecular complexity index is 867. The van der Waals surface area contributed by atoms with Gasteiger partial charge in [0, 0.05) is 20.6 Å². The number of amides is 2. The minimum atomic E-state index is -0.913. The van der Waals surface area contributed by atoms with E-state index < -0.39 is 10.8 Å². The molecular weight excluding hydrogens is 450 g/mol. The SMILES string of the molecule is COC(CCS[C@](C)(/C=C1/C=C\CCCCC1)C(=O)N1C(=O)OC[C@H]1Cc1ccccc1)OC. The molecule has 34 heavy (non-hydrogen) atoms. The summed E-state index contributed by atoms with van der Waals surface area (Å²) in [5.74, 6) is 0.421. The Balaban J connectivity index is 1.85. The number of nitrogens with zero attached hydrogens (tertiary/aromatic N) is 1. The second kappa shape index (κ2) is 13.1. The van der Waals surface area contributed by atoms with E-state index >= 15 is 0 Å². The van der Waals surface area contributed by atoms with Crippen LogP contribution in [0.25, 0.3) is 0 Å². The second-order valence-electron chi connectivity index (χ2n) is 8.96. The Hall–Kier alpha value is -2.09. The van der Waals surface area contributed by atoms with E-state index in [2.05, 4.69) is 18.2 Å². The third kappa shape index (κ3) is 7.20. The maximum absolute atomic E-state index is 14.0. The summed E-state index contributed by atoms with van der Waals surface area (Å²) in [7, 11) is 3.22. The maximum atomic E-state index is 14.0. The van der Waals surface area contributed by atoms with Gasteiger partial charge in [-0.25, -0.2) is 9.69 Å². The predicted octanol–water partition coefficient (Wildman–Crippen LogP) is 5.52. The van der Waals surface area contributed by atoms with Crippen molar-refractivity contribution in [2.24, 2.45) is 0 Å². The highest BCUT2D eigenvalue weighted by Gasteiger charge is 2.45. The molecule has 1 aromatic rings. The summed E-state index contributed by atoms with van der Waals surface area (Å²) in [6.07, 6.45) is 12.2. The van der Waals surface area contributed by atoms with E-state index in [0.717, 1.165) is 30.4 Å². The zero-order valence-electron chi connectivity index (χ0n) is 20.5. The van der Waals surface area contributed by atoms with Crippen LogP contribution in [-0.4, -0.2) is 60.6 Å². The number of thioether (sulfide) groups is 1. The van der Waals surface area contributed by atoms with Gasteiger partial charge in [0.15, 0.2) is 6.29 Å². The van der Waals surface area contributed by atoms with Gasteiger partial charge in [0.1, 0.15) is 11.4 Å². The lowest BCUT2D eigenvalue weighted by molar-refractivity contribution is -0.130. The molecule has 0 unspecified atom stereocenters. The summed E-state index contributed by atoms with van der Waals surface area (Å²) in [5, 5.41) is 0. The highest BCUT2D eigenvalue weighted by Crippen LogP contribution is 2.35. The van der Waals surface area contributed by atoms with Gasteiger partial charge in [0.2, 0.25) is 0 Å². The summed E-state index contributed by atoms with van der Waals surface area (Å²) in [6.45, 7) is 2.13. The number of benzene rings is 1. The first-order valence-electron chi connectivity index (χ1n) is 12.1. The van der Waals surface area contributed by atoms with Crippen LogP contribution in [0.2, 0.25) is 0 Å². The number of carbonyl (C=O) groups excluding carboxylic acids is 2. The van der Waals surface area contributed by atoms with E-state index in [-0.39, 0.29) is 24.8 Å². The fourth-order valence-electron chi connectivity index (χ4n) is 4.41. The van der Waals surface area contributed by atoms with Crippen LogP contribution in [0.3, 0.4) is 0 Å². The maximum Gasteiger partial charge on any atom is 0.417 e.